The van der Waals surface area contributed by atoms with Crippen molar-refractivity contribution in [3.05, 3.63) is 33.8 Å². The fraction of sp³-hybridized carbons (Fsp3) is 0.364. The number of nitriles is 1. The van der Waals surface area contributed by atoms with Crippen LogP contribution in [0.2, 0.25) is 0 Å². The first kappa shape index (κ1) is 9.70. The van der Waals surface area contributed by atoms with Crippen LogP contribution in [0.3, 0.4) is 0 Å². The van der Waals surface area contributed by atoms with Crippen molar-refractivity contribution in [2.24, 2.45) is 11.7 Å². The van der Waals surface area contributed by atoms with Gasteiger partial charge in [0.25, 0.3) is 0 Å². The maximum absolute atomic E-state index is 8.79. The fourth-order valence-corrected chi connectivity index (χ4v) is 2.33. The van der Waals surface area contributed by atoms with Crippen molar-refractivity contribution in [1.29, 1.82) is 5.26 Å². The Morgan fingerprint density at radius 1 is 1.57 bits per heavy atom. The Morgan fingerprint density at radius 3 is 2.93 bits per heavy atom. The van der Waals surface area contributed by atoms with E-state index < -0.39 is 0 Å². The van der Waals surface area contributed by atoms with Crippen LogP contribution >= 0.6 is 15.9 Å². The normalized spacial score (nSPS) is 24.4. The van der Waals surface area contributed by atoms with Gasteiger partial charge in [-0.1, -0.05) is 15.9 Å². The zero-order valence-corrected chi connectivity index (χ0v) is 9.29. The van der Waals surface area contributed by atoms with Gasteiger partial charge in [-0.05, 0) is 48.6 Å². The highest BCUT2D eigenvalue weighted by atomic mass is 79.9. The molecule has 1 aromatic rings. The summed E-state index contributed by atoms with van der Waals surface area (Å²) in [4.78, 5) is 0. The summed E-state index contributed by atoms with van der Waals surface area (Å²) < 4.78 is 1.09. The van der Waals surface area contributed by atoms with Gasteiger partial charge in [-0.25, -0.2) is 0 Å². The summed E-state index contributed by atoms with van der Waals surface area (Å²) in [6.45, 7) is 0.744. The van der Waals surface area contributed by atoms with Gasteiger partial charge in [0.05, 0.1) is 11.6 Å². The predicted octanol–water partition coefficient (Wildman–Crippen LogP) is 2.38. The highest BCUT2D eigenvalue weighted by Crippen LogP contribution is 2.48. The Kier molecular flexibility index (Phi) is 2.58. The first-order valence-electron chi connectivity index (χ1n) is 4.66. The quantitative estimate of drug-likeness (QED) is 0.877. The van der Waals surface area contributed by atoms with Crippen molar-refractivity contribution in [3.63, 3.8) is 0 Å². The van der Waals surface area contributed by atoms with Crippen molar-refractivity contribution >= 4 is 15.9 Å². The Bertz CT molecular complexity index is 395. The van der Waals surface area contributed by atoms with Gasteiger partial charge in [0.2, 0.25) is 0 Å². The molecule has 1 aliphatic rings. The number of halogens is 1. The summed E-state index contributed by atoms with van der Waals surface area (Å²) in [6.07, 6.45) is 1.16. The first-order chi connectivity index (χ1) is 6.76. The highest BCUT2D eigenvalue weighted by molar-refractivity contribution is 9.10. The summed E-state index contributed by atoms with van der Waals surface area (Å²) in [6, 6.07) is 7.89. The molecule has 1 saturated carbocycles. The molecule has 1 aliphatic carbocycles. The Hall–Kier alpha value is -0.850. The fourth-order valence-electron chi connectivity index (χ4n) is 1.79. The number of rotatable bonds is 2. The second kappa shape index (κ2) is 3.72. The van der Waals surface area contributed by atoms with Crippen LogP contribution in [0.1, 0.15) is 23.5 Å². The van der Waals surface area contributed by atoms with Gasteiger partial charge < -0.3 is 5.73 Å². The van der Waals surface area contributed by atoms with Crippen molar-refractivity contribution in [1.82, 2.24) is 0 Å². The third kappa shape index (κ3) is 1.68. The summed E-state index contributed by atoms with van der Waals surface area (Å²) >= 11 is 3.51. The van der Waals surface area contributed by atoms with E-state index in [1.54, 1.807) is 0 Å². The standard InChI is InChI=1S/C11H11BrN2/c12-11-2-1-7(5-13)3-10(11)9-4-8(9)6-14/h1-3,8-9H,4,6,14H2. The minimum absolute atomic E-state index is 0.558. The lowest BCUT2D eigenvalue weighted by Crippen LogP contribution is -2.02. The van der Waals surface area contributed by atoms with E-state index in [9.17, 15) is 0 Å². The molecule has 0 aromatic heterocycles. The topological polar surface area (TPSA) is 49.8 Å². The molecule has 2 N–H and O–H groups in total. The van der Waals surface area contributed by atoms with Gasteiger partial charge in [0, 0.05) is 4.47 Å². The van der Waals surface area contributed by atoms with Gasteiger partial charge >= 0.3 is 0 Å². The van der Waals surface area contributed by atoms with E-state index in [0.717, 1.165) is 23.0 Å². The van der Waals surface area contributed by atoms with Crippen LogP contribution in [0.25, 0.3) is 0 Å². The van der Waals surface area contributed by atoms with Crippen LogP contribution in [0, 0.1) is 17.2 Å². The summed E-state index contributed by atoms with van der Waals surface area (Å²) in [7, 11) is 0. The molecular formula is C11H11BrN2. The van der Waals surface area contributed by atoms with Gasteiger partial charge in [-0.2, -0.15) is 5.26 Å². The number of hydrogen-bond acceptors (Lipinski definition) is 2. The van der Waals surface area contributed by atoms with Crippen molar-refractivity contribution in [2.75, 3.05) is 6.54 Å². The third-order valence-electron chi connectivity index (χ3n) is 2.75. The van der Waals surface area contributed by atoms with Gasteiger partial charge in [-0.15, -0.1) is 0 Å². The molecule has 14 heavy (non-hydrogen) atoms. The lowest BCUT2D eigenvalue weighted by molar-refractivity contribution is 0.808. The monoisotopic (exact) mass is 250 g/mol. The van der Waals surface area contributed by atoms with E-state index in [1.165, 1.54) is 5.56 Å². The number of nitrogens with zero attached hydrogens (tertiary/aromatic N) is 1. The molecule has 3 heteroatoms. The van der Waals surface area contributed by atoms with Gasteiger partial charge in [-0.3, -0.25) is 0 Å². The predicted molar refractivity (Wildman–Crippen MR) is 58.8 cm³/mol. The Labute approximate surface area is 91.9 Å². The lowest BCUT2D eigenvalue weighted by atomic mass is 10.1. The smallest absolute Gasteiger partial charge is 0.0991 e. The number of benzene rings is 1. The molecule has 0 radical (unpaired) electrons. The number of nitrogens with two attached hydrogens (primary N) is 1. The summed E-state index contributed by atoms with van der Waals surface area (Å²) in [5, 5.41) is 8.79. The van der Waals surface area contributed by atoms with Crippen LogP contribution < -0.4 is 5.73 Å². The molecule has 1 fully saturated rings. The van der Waals surface area contributed by atoms with Crippen LogP contribution in [-0.2, 0) is 0 Å². The van der Waals surface area contributed by atoms with Crippen molar-refractivity contribution in [3.8, 4) is 6.07 Å². The highest BCUT2D eigenvalue weighted by Gasteiger charge is 2.38. The molecule has 0 bridgehead atoms. The molecule has 0 saturated heterocycles. The molecule has 2 rings (SSSR count). The Balaban J connectivity index is 2.30. The number of hydrogen-bond donors (Lipinski definition) is 1. The van der Waals surface area contributed by atoms with Gasteiger partial charge in [0.15, 0.2) is 0 Å². The van der Waals surface area contributed by atoms with Gasteiger partial charge in [0.1, 0.15) is 0 Å². The zero-order chi connectivity index (χ0) is 10.1. The molecule has 2 unspecified atom stereocenters. The third-order valence-corrected chi connectivity index (χ3v) is 3.47. The molecule has 0 heterocycles. The first-order valence-corrected chi connectivity index (χ1v) is 5.45. The van der Waals surface area contributed by atoms with E-state index in [4.69, 9.17) is 11.0 Å². The second-order valence-electron chi connectivity index (χ2n) is 3.69. The van der Waals surface area contributed by atoms with E-state index in [1.807, 2.05) is 18.2 Å². The van der Waals surface area contributed by atoms with Crippen molar-refractivity contribution in [2.45, 2.75) is 12.3 Å². The molecule has 1 aromatic carbocycles. The average molecular weight is 251 g/mol. The lowest BCUT2D eigenvalue weighted by Gasteiger charge is -2.03. The minimum atomic E-state index is 0.558. The Morgan fingerprint density at radius 2 is 2.36 bits per heavy atom. The van der Waals surface area contributed by atoms with Crippen LogP contribution in [-0.4, -0.2) is 6.54 Å². The van der Waals surface area contributed by atoms with E-state index in [2.05, 4.69) is 22.0 Å². The SMILES string of the molecule is N#Cc1ccc(Br)c(C2CC2CN)c1. The molecule has 0 amide bonds. The molecule has 72 valence electrons. The maximum Gasteiger partial charge on any atom is 0.0991 e. The maximum atomic E-state index is 8.79. The van der Waals surface area contributed by atoms with E-state index in [-0.39, 0.29) is 0 Å². The average Bonchev–Trinajstić information content (AvgIpc) is 2.98. The molecule has 2 nitrogen and oxygen atoms in total. The molecule has 2 atom stereocenters. The minimum Gasteiger partial charge on any atom is -0.330 e. The molecular weight excluding hydrogens is 240 g/mol. The summed E-state index contributed by atoms with van der Waals surface area (Å²) in [5.74, 6) is 1.17. The van der Waals surface area contributed by atoms with E-state index >= 15 is 0 Å². The van der Waals surface area contributed by atoms with E-state index in [0.29, 0.717) is 11.8 Å². The van der Waals surface area contributed by atoms with Crippen LogP contribution in [0.4, 0.5) is 0 Å². The summed E-state index contributed by atoms with van der Waals surface area (Å²) in [5.41, 5.74) is 7.57. The van der Waals surface area contributed by atoms with Crippen molar-refractivity contribution < 1.29 is 0 Å². The largest absolute Gasteiger partial charge is 0.330 e. The second-order valence-corrected chi connectivity index (χ2v) is 4.54. The van der Waals surface area contributed by atoms with Crippen LogP contribution in [0.15, 0.2) is 22.7 Å². The van der Waals surface area contributed by atoms with Crippen LogP contribution in [0.5, 0.6) is 0 Å². The zero-order valence-electron chi connectivity index (χ0n) is 7.70. The molecule has 0 aliphatic heterocycles. The molecule has 0 spiro atoms.